The number of hydrogen-bond donors (Lipinski definition) is 0. The molecule has 1 aromatic rings. The van der Waals surface area contributed by atoms with Gasteiger partial charge in [-0.05, 0) is 47.0 Å². The lowest BCUT2D eigenvalue weighted by Crippen LogP contribution is -2.41. The summed E-state index contributed by atoms with van der Waals surface area (Å²) in [5, 5.41) is 0. The van der Waals surface area contributed by atoms with Gasteiger partial charge in [0.05, 0.1) is 11.2 Å². The molecule has 6 heteroatoms. The average molecular weight is 295 g/mol. The fraction of sp³-hybridized carbons (Fsp3) is 0.733. The summed E-state index contributed by atoms with van der Waals surface area (Å²) in [6.45, 7) is 8.59. The van der Waals surface area contributed by atoms with Crippen molar-refractivity contribution in [3.05, 3.63) is 18.2 Å². The summed E-state index contributed by atoms with van der Waals surface area (Å²) in [6.07, 6.45) is 6.26. The molecule has 2 fully saturated rings. The summed E-state index contributed by atoms with van der Waals surface area (Å²) < 4.78 is 33.6. The van der Waals surface area contributed by atoms with E-state index in [-0.39, 0.29) is 12.0 Å². The fourth-order valence-electron chi connectivity index (χ4n) is 2.73. The van der Waals surface area contributed by atoms with Gasteiger partial charge in [0, 0.05) is 24.5 Å². The molecular weight excluding hydrogens is 272 g/mol. The van der Waals surface area contributed by atoms with Crippen LogP contribution in [0.4, 0.5) is 4.39 Å². The van der Waals surface area contributed by atoms with Crippen LogP contribution < -0.4 is 5.46 Å². The SMILES string of the molecule is CC1(C)OB(c2cn(C3CCCCO3)cc2F)OC1(C)C. The zero-order valence-electron chi connectivity index (χ0n) is 13.2. The van der Waals surface area contributed by atoms with E-state index in [9.17, 15) is 4.39 Å². The van der Waals surface area contributed by atoms with Gasteiger partial charge in [0.15, 0.2) is 0 Å². The Bertz CT molecular complexity index is 507. The summed E-state index contributed by atoms with van der Waals surface area (Å²) in [5.41, 5.74) is -0.482. The van der Waals surface area contributed by atoms with Gasteiger partial charge in [-0.3, -0.25) is 0 Å². The molecule has 2 aliphatic heterocycles. The Morgan fingerprint density at radius 1 is 1.14 bits per heavy atom. The summed E-state index contributed by atoms with van der Waals surface area (Å²) in [4.78, 5) is 0. The van der Waals surface area contributed by atoms with Gasteiger partial charge in [0.2, 0.25) is 0 Å². The lowest BCUT2D eigenvalue weighted by molar-refractivity contribution is -0.0319. The molecule has 0 N–H and O–H groups in total. The minimum absolute atomic E-state index is 0.0792. The molecule has 0 amide bonds. The van der Waals surface area contributed by atoms with Crippen molar-refractivity contribution in [3.8, 4) is 0 Å². The van der Waals surface area contributed by atoms with E-state index >= 15 is 0 Å². The Labute approximate surface area is 125 Å². The van der Waals surface area contributed by atoms with Crippen molar-refractivity contribution in [2.45, 2.75) is 64.4 Å². The van der Waals surface area contributed by atoms with Crippen LogP contribution in [0.25, 0.3) is 0 Å². The summed E-state index contributed by atoms with van der Waals surface area (Å²) >= 11 is 0. The minimum atomic E-state index is -0.667. The van der Waals surface area contributed by atoms with Gasteiger partial charge in [0.1, 0.15) is 12.0 Å². The van der Waals surface area contributed by atoms with Gasteiger partial charge in [0.25, 0.3) is 0 Å². The maximum absolute atomic E-state index is 14.3. The molecule has 1 unspecified atom stereocenters. The lowest BCUT2D eigenvalue weighted by Gasteiger charge is -2.32. The molecule has 21 heavy (non-hydrogen) atoms. The van der Waals surface area contributed by atoms with Gasteiger partial charge in [-0.1, -0.05) is 0 Å². The predicted molar refractivity (Wildman–Crippen MR) is 78.9 cm³/mol. The van der Waals surface area contributed by atoms with E-state index in [2.05, 4.69) is 0 Å². The van der Waals surface area contributed by atoms with E-state index in [0.29, 0.717) is 5.46 Å². The van der Waals surface area contributed by atoms with Crippen LogP contribution in [0.1, 0.15) is 53.2 Å². The normalized spacial score (nSPS) is 28.0. The first-order valence-electron chi connectivity index (χ1n) is 7.64. The molecule has 2 aliphatic rings. The number of aromatic nitrogens is 1. The van der Waals surface area contributed by atoms with E-state index in [4.69, 9.17) is 14.0 Å². The van der Waals surface area contributed by atoms with Crippen LogP contribution in [0.15, 0.2) is 12.4 Å². The summed E-state index contributed by atoms with van der Waals surface area (Å²) in [5.74, 6) is -0.303. The second-order valence-electron chi connectivity index (χ2n) is 6.92. The third-order valence-corrected chi connectivity index (χ3v) is 4.82. The second-order valence-corrected chi connectivity index (χ2v) is 6.92. The van der Waals surface area contributed by atoms with E-state index < -0.39 is 18.3 Å². The highest BCUT2D eigenvalue weighted by atomic mass is 19.1. The average Bonchev–Trinajstić information content (AvgIpc) is 2.89. The van der Waals surface area contributed by atoms with Crippen LogP contribution in [0.3, 0.4) is 0 Å². The zero-order valence-corrected chi connectivity index (χ0v) is 13.2. The topological polar surface area (TPSA) is 32.6 Å². The molecule has 1 aromatic heterocycles. The predicted octanol–water partition coefficient (Wildman–Crippen LogP) is 2.63. The van der Waals surface area contributed by atoms with Crippen LogP contribution in [0.5, 0.6) is 0 Å². The Balaban J connectivity index is 1.82. The highest BCUT2D eigenvalue weighted by Gasteiger charge is 2.52. The Morgan fingerprint density at radius 2 is 1.81 bits per heavy atom. The van der Waals surface area contributed by atoms with Crippen LogP contribution in [-0.4, -0.2) is 29.5 Å². The third-order valence-electron chi connectivity index (χ3n) is 4.82. The van der Waals surface area contributed by atoms with Crippen molar-refractivity contribution in [2.24, 2.45) is 0 Å². The molecule has 0 saturated carbocycles. The quantitative estimate of drug-likeness (QED) is 0.786. The van der Waals surface area contributed by atoms with Crippen molar-refractivity contribution in [2.75, 3.05) is 6.61 Å². The van der Waals surface area contributed by atoms with Crippen LogP contribution in [0.2, 0.25) is 0 Å². The van der Waals surface area contributed by atoms with Crippen molar-refractivity contribution in [1.82, 2.24) is 4.57 Å². The van der Waals surface area contributed by atoms with Crippen LogP contribution >= 0.6 is 0 Å². The molecule has 0 aromatic carbocycles. The van der Waals surface area contributed by atoms with E-state index in [1.54, 1.807) is 10.8 Å². The number of ether oxygens (including phenoxy) is 1. The van der Waals surface area contributed by atoms with E-state index in [0.717, 1.165) is 25.9 Å². The van der Waals surface area contributed by atoms with Crippen molar-refractivity contribution in [1.29, 1.82) is 0 Å². The number of nitrogens with zero attached hydrogens (tertiary/aromatic N) is 1. The standard InChI is InChI=1S/C15H23BFNO3/c1-14(2)15(3,4)21-16(20-14)11-9-18(10-12(11)17)13-7-5-6-8-19-13/h9-10,13H,5-8H2,1-4H3. The lowest BCUT2D eigenvalue weighted by atomic mass is 9.81. The number of halogens is 1. The molecular formula is C15H23BFNO3. The molecule has 116 valence electrons. The Hall–Kier alpha value is -0.845. The molecule has 1 atom stereocenters. The molecule has 0 spiro atoms. The first-order valence-corrected chi connectivity index (χ1v) is 7.64. The largest absolute Gasteiger partial charge is 0.499 e. The second kappa shape index (κ2) is 5.11. The number of rotatable bonds is 2. The molecule has 0 radical (unpaired) electrons. The molecule has 0 aliphatic carbocycles. The molecule has 2 saturated heterocycles. The fourth-order valence-corrected chi connectivity index (χ4v) is 2.73. The van der Waals surface area contributed by atoms with Gasteiger partial charge >= 0.3 is 7.12 Å². The van der Waals surface area contributed by atoms with Gasteiger partial charge < -0.3 is 18.6 Å². The van der Waals surface area contributed by atoms with Crippen molar-refractivity contribution in [3.63, 3.8) is 0 Å². The van der Waals surface area contributed by atoms with Crippen LogP contribution in [-0.2, 0) is 14.0 Å². The highest BCUT2D eigenvalue weighted by Crippen LogP contribution is 2.36. The molecule has 0 bridgehead atoms. The van der Waals surface area contributed by atoms with Crippen molar-refractivity contribution < 1.29 is 18.4 Å². The molecule has 4 nitrogen and oxygen atoms in total. The maximum atomic E-state index is 14.3. The zero-order chi connectivity index (χ0) is 15.3. The van der Waals surface area contributed by atoms with Gasteiger partial charge in [-0.25, -0.2) is 4.39 Å². The molecule has 3 heterocycles. The first-order chi connectivity index (χ1) is 9.80. The van der Waals surface area contributed by atoms with E-state index in [1.807, 2.05) is 27.7 Å². The van der Waals surface area contributed by atoms with Crippen LogP contribution in [0, 0.1) is 5.82 Å². The highest BCUT2D eigenvalue weighted by molar-refractivity contribution is 6.62. The van der Waals surface area contributed by atoms with Gasteiger partial charge in [-0.15, -0.1) is 0 Å². The Morgan fingerprint density at radius 3 is 2.38 bits per heavy atom. The minimum Gasteiger partial charge on any atom is -0.399 e. The third kappa shape index (κ3) is 2.65. The smallest absolute Gasteiger partial charge is 0.399 e. The monoisotopic (exact) mass is 295 g/mol. The maximum Gasteiger partial charge on any atom is 0.499 e. The van der Waals surface area contributed by atoms with E-state index in [1.165, 1.54) is 6.20 Å². The first kappa shape index (κ1) is 15.1. The Kier molecular flexibility index (Phi) is 3.67. The number of hydrogen-bond acceptors (Lipinski definition) is 3. The molecule has 3 rings (SSSR count). The van der Waals surface area contributed by atoms with Gasteiger partial charge in [-0.2, -0.15) is 0 Å². The van der Waals surface area contributed by atoms with Crippen molar-refractivity contribution >= 4 is 12.6 Å². The summed E-state index contributed by atoms with van der Waals surface area (Å²) in [7, 11) is -0.667. The summed E-state index contributed by atoms with van der Waals surface area (Å²) in [6, 6.07) is 0.